The quantitative estimate of drug-likeness (QED) is 0.459. The molecule has 0 aromatic heterocycles. The highest BCUT2D eigenvalue weighted by Crippen LogP contribution is 2.33. The van der Waals surface area contributed by atoms with E-state index in [9.17, 15) is 9.59 Å². The molecule has 1 fully saturated rings. The number of amides is 2. The Morgan fingerprint density at radius 2 is 1.60 bits per heavy atom. The second-order valence-corrected chi connectivity index (χ2v) is 8.53. The summed E-state index contributed by atoms with van der Waals surface area (Å²) >= 11 is 0. The molecule has 6 heteroatoms. The van der Waals surface area contributed by atoms with Crippen molar-refractivity contribution in [3.05, 3.63) is 35.5 Å². The predicted octanol–water partition coefficient (Wildman–Crippen LogP) is 3.38. The molecule has 2 aliphatic rings. The average molecular weight is 414 g/mol. The first-order chi connectivity index (χ1) is 14.4. The molecule has 0 bridgehead atoms. The summed E-state index contributed by atoms with van der Waals surface area (Å²) in [6.07, 6.45) is 4.23. The van der Waals surface area contributed by atoms with Crippen molar-refractivity contribution in [3.63, 3.8) is 0 Å². The highest BCUT2D eigenvalue weighted by Gasteiger charge is 2.41. The molecular formula is C24H35N3O3. The summed E-state index contributed by atoms with van der Waals surface area (Å²) in [6.45, 7) is 9.90. The summed E-state index contributed by atoms with van der Waals surface area (Å²) in [5.74, 6) is 0.463. The van der Waals surface area contributed by atoms with Crippen LogP contribution in [0.1, 0.15) is 52.0 Å². The van der Waals surface area contributed by atoms with Gasteiger partial charge in [-0.2, -0.15) is 0 Å². The van der Waals surface area contributed by atoms with E-state index < -0.39 is 0 Å². The van der Waals surface area contributed by atoms with Gasteiger partial charge in [-0.1, -0.05) is 38.3 Å². The molecule has 1 saturated heterocycles. The van der Waals surface area contributed by atoms with Crippen LogP contribution in [0.2, 0.25) is 0 Å². The number of carbonyl (C=O) groups excluding carboxylic acids is 2. The number of imide groups is 1. The van der Waals surface area contributed by atoms with E-state index in [0.29, 0.717) is 17.8 Å². The van der Waals surface area contributed by atoms with Crippen LogP contribution in [0, 0.1) is 0 Å². The molecule has 3 rings (SSSR count). The minimum Gasteiger partial charge on any atom is -0.491 e. The zero-order valence-corrected chi connectivity index (χ0v) is 18.8. The van der Waals surface area contributed by atoms with Gasteiger partial charge in [-0.15, -0.1) is 0 Å². The maximum Gasteiger partial charge on any atom is 0.277 e. The lowest BCUT2D eigenvalue weighted by Crippen LogP contribution is -2.46. The lowest BCUT2D eigenvalue weighted by Gasteiger charge is -2.34. The number of piperazine rings is 1. The fourth-order valence-electron chi connectivity index (χ4n) is 4.02. The molecule has 2 amide bonds. The molecule has 1 aromatic rings. The van der Waals surface area contributed by atoms with Crippen LogP contribution in [0.3, 0.4) is 0 Å². The highest BCUT2D eigenvalue weighted by atomic mass is 16.5. The molecule has 164 valence electrons. The van der Waals surface area contributed by atoms with Crippen molar-refractivity contribution in [3.8, 4) is 5.75 Å². The number of rotatable bonds is 9. The molecule has 0 atom stereocenters. The Kier molecular flexibility index (Phi) is 7.53. The number of hydrogen-bond donors (Lipinski definition) is 0. The fraction of sp³-hybridized carbons (Fsp3) is 0.583. The van der Waals surface area contributed by atoms with Gasteiger partial charge in [-0.25, -0.2) is 0 Å². The van der Waals surface area contributed by atoms with Gasteiger partial charge >= 0.3 is 0 Å². The molecule has 1 aromatic carbocycles. The van der Waals surface area contributed by atoms with Crippen LogP contribution in [0.25, 0.3) is 5.57 Å². The van der Waals surface area contributed by atoms with Gasteiger partial charge < -0.3 is 14.5 Å². The molecule has 0 saturated carbocycles. The summed E-state index contributed by atoms with van der Waals surface area (Å²) < 4.78 is 5.74. The first kappa shape index (κ1) is 22.3. The van der Waals surface area contributed by atoms with Crippen LogP contribution in [0.4, 0.5) is 0 Å². The van der Waals surface area contributed by atoms with Crippen molar-refractivity contribution in [2.24, 2.45) is 0 Å². The molecule has 0 radical (unpaired) electrons. The van der Waals surface area contributed by atoms with Gasteiger partial charge in [-0.3, -0.25) is 14.5 Å². The Balaban J connectivity index is 1.88. The fourth-order valence-corrected chi connectivity index (χ4v) is 4.02. The number of hydrogen-bond acceptors (Lipinski definition) is 5. The summed E-state index contributed by atoms with van der Waals surface area (Å²) in [6, 6.07) is 7.56. The van der Waals surface area contributed by atoms with Crippen LogP contribution in [0.5, 0.6) is 5.75 Å². The van der Waals surface area contributed by atoms with Gasteiger partial charge in [0, 0.05) is 32.7 Å². The number of nitrogens with zero attached hydrogens (tertiary/aromatic N) is 3. The largest absolute Gasteiger partial charge is 0.491 e. The van der Waals surface area contributed by atoms with Crippen LogP contribution < -0.4 is 4.74 Å². The second kappa shape index (κ2) is 10.1. The van der Waals surface area contributed by atoms with Gasteiger partial charge in [0.05, 0.1) is 11.7 Å². The third-order valence-electron chi connectivity index (χ3n) is 5.71. The van der Waals surface area contributed by atoms with Crippen LogP contribution in [-0.4, -0.2) is 72.4 Å². The maximum atomic E-state index is 13.3. The van der Waals surface area contributed by atoms with E-state index in [1.807, 2.05) is 38.1 Å². The molecule has 2 heterocycles. The van der Waals surface area contributed by atoms with Crippen molar-refractivity contribution in [1.82, 2.24) is 14.7 Å². The van der Waals surface area contributed by atoms with E-state index in [1.54, 1.807) is 0 Å². The number of likely N-dealkylation sites (N-methyl/N-ethyl adjacent to an activating group) is 1. The molecule has 0 spiro atoms. The second-order valence-electron chi connectivity index (χ2n) is 8.53. The van der Waals surface area contributed by atoms with Crippen LogP contribution >= 0.6 is 0 Å². The van der Waals surface area contributed by atoms with Crippen molar-refractivity contribution in [2.75, 3.05) is 39.8 Å². The number of benzene rings is 1. The summed E-state index contributed by atoms with van der Waals surface area (Å²) in [5.41, 5.74) is 1.90. The predicted molar refractivity (Wildman–Crippen MR) is 119 cm³/mol. The zero-order chi connectivity index (χ0) is 21.7. The Morgan fingerprint density at radius 1 is 0.933 bits per heavy atom. The standard InChI is InChI=1S/C24H35N3O3/c1-5-6-7-8-13-27-23(28)21(19-9-11-20(12-10-19)30-18(2)3)22(24(27)29)26-16-14-25(4)15-17-26/h9-12,18H,5-8,13-17H2,1-4H3. The Hall–Kier alpha value is -2.34. The van der Waals surface area contributed by atoms with E-state index in [1.165, 1.54) is 4.90 Å². The van der Waals surface area contributed by atoms with Crippen molar-refractivity contribution in [2.45, 2.75) is 52.6 Å². The minimum atomic E-state index is -0.164. The summed E-state index contributed by atoms with van der Waals surface area (Å²) in [4.78, 5) is 32.5. The molecule has 30 heavy (non-hydrogen) atoms. The van der Waals surface area contributed by atoms with Crippen molar-refractivity contribution in [1.29, 1.82) is 0 Å². The highest BCUT2D eigenvalue weighted by molar-refractivity contribution is 6.35. The lowest BCUT2D eigenvalue weighted by atomic mass is 10.0. The normalized spacial score (nSPS) is 18.2. The third kappa shape index (κ3) is 5.04. The topological polar surface area (TPSA) is 53.1 Å². The van der Waals surface area contributed by atoms with E-state index in [2.05, 4.69) is 23.8 Å². The van der Waals surface area contributed by atoms with Crippen molar-refractivity contribution < 1.29 is 14.3 Å². The lowest BCUT2D eigenvalue weighted by molar-refractivity contribution is -0.137. The van der Waals surface area contributed by atoms with Gasteiger partial charge in [0.25, 0.3) is 11.8 Å². The van der Waals surface area contributed by atoms with E-state index in [4.69, 9.17) is 4.74 Å². The van der Waals surface area contributed by atoms with Gasteiger partial charge in [0.15, 0.2) is 0 Å². The summed E-state index contributed by atoms with van der Waals surface area (Å²) in [5, 5.41) is 0. The van der Waals surface area contributed by atoms with E-state index >= 15 is 0 Å². The number of carbonyl (C=O) groups is 2. The molecule has 0 aliphatic carbocycles. The smallest absolute Gasteiger partial charge is 0.277 e. The van der Waals surface area contributed by atoms with Crippen LogP contribution in [0.15, 0.2) is 30.0 Å². The third-order valence-corrected chi connectivity index (χ3v) is 5.71. The molecule has 2 aliphatic heterocycles. The first-order valence-corrected chi connectivity index (χ1v) is 11.2. The van der Waals surface area contributed by atoms with Gasteiger partial charge in [-0.05, 0) is 45.0 Å². The van der Waals surface area contributed by atoms with Crippen molar-refractivity contribution >= 4 is 17.4 Å². The van der Waals surface area contributed by atoms with E-state index in [-0.39, 0.29) is 17.9 Å². The van der Waals surface area contributed by atoms with Crippen LogP contribution in [-0.2, 0) is 9.59 Å². The summed E-state index contributed by atoms with van der Waals surface area (Å²) in [7, 11) is 2.09. The maximum absolute atomic E-state index is 13.3. The van der Waals surface area contributed by atoms with Gasteiger partial charge in [0.2, 0.25) is 0 Å². The molecule has 0 unspecified atom stereocenters. The molecule has 6 nitrogen and oxygen atoms in total. The Labute approximate surface area is 180 Å². The van der Waals surface area contributed by atoms with Gasteiger partial charge in [0.1, 0.15) is 11.4 Å². The molecule has 0 N–H and O–H groups in total. The average Bonchev–Trinajstić information content (AvgIpc) is 2.96. The van der Waals surface area contributed by atoms with E-state index in [0.717, 1.165) is 63.2 Å². The SMILES string of the molecule is CCCCCCN1C(=O)C(c2ccc(OC(C)C)cc2)=C(N2CCN(C)CC2)C1=O. The zero-order valence-electron chi connectivity index (χ0n) is 18.8. The number of ether oxygens (including phenoxy) is 1. The first-order valence-electron chi connectivity index (χ1n) is 11.2. The number of unbranched alkanes of at least 4 members (excludes halogenated alkanes) is 3. The Morgan fingerprint density at radius 3 is 2.20 bits per heavy atom. The Bertz CT molecular complexity index is 777. The monoisotopic (exact) mass is 413 g/mol. The minimum absolute atomic E-state index is 0.0873. The molecular weight excluding hydrogens is 378 g/mol.